The van der Waals surface area contributed by atoms with Gasteiger partial charge in [0.1, 0.15) is 5.69 Å². The summed E-state index contributed by atoms with van der Waals surface area (Å²) in [6.45, 7) is 7.23. The van der Waals surface area contributed by atoms with Gasteiger partial charge in [0, 0.05) is 46.0 Å². The maximum atomic E-state index is 13.0. The van der Waals surface area contributed by atoms with Crippen LogP contribution in [0.4, 0.5) is 13.2 Å². The predicted octanol–water partition coefficient (Wildman–Crippen LogP) is 3.43. The summed E-state index contributed by atoms with van der Waals surface area (Å²) < 4.78 is 39.1. The Morgan fingerprint density at radius 1 is 1.29 bits per heavy atom. The fourth-order valence-corrected chi connectivity index (χ4v) is 4.51. The molecule has 1 aromatic heterocycles. The van der Waals surface area contributed by atoms with Gasteiger partial charge in [0.05, 0.1) is 12.7 Å². The molecule has 1 aliphatic heterocycles. The Morgan fingerprint density at radius 2 is 1.93 bits per heavy atom. The van der Waals surface area contributed by atoms with Gasteiger partial charge >= 0.3 is 6.18 Å². The van der Waals surface area contributed by atoms with Crippen LogP contribution in [0.5, 0.6) is 0 Å². The van der Waals surface area contributed by atoms with Gasteiger partial charge in [0.15, 0.2) is 0 Å². The van der Waals surface area contributed by atoms with Crippen molar-refractivity contribution in [3.63, 3.8) is 0 Å². The van der Waals surface area contributed by atoms with E-state index in [9.17, 15) is 18.0 Å². The third kappa shape index (κ3) is 5.07. The number of carbonyl (C=O) groups excluding carboxylic acids is 1. The highest BCUT2D eigenvalue weighted by molar-refractivity contribution is 5.92. The number of imidazole rings is 1. The average Bonchev–Trinajstić information content (AvgIpc) is 3.01. The lowest BCUT2D eigenvalue weighted by atomic mass is 10.0. The molecule has 2 aliphatic rings. The van der Waals surface area contributed by atoms with Gasteiger partial charge in [0.2, 0.25) is 0 Å². The van der Waals surface area contributed by atoms with E-state index >= 15 is 0 Å². The molecule has 1 saturated carbocycles. The molecule has 2 unspecified atom stereocenters. The van der Waals surface area contributed by atoms with E-state index in [2.05, 4.69) is 18.8 Å². The molecule has 2 fully saturated rings. The van der Waals surface area contributed by atoms with Crippen LogP contribution < -0.4 is 0 Å². The van der Waals surface area contributed by atoms with Gasteiger partial charge in [-0.25, -0.2) is 4.98 Å². The highest BCUT2D eigenvalue weighted by Gasteiger charge is 2.56. The van der Waals surface area contributed by atoms with Crippen molar-refractivity contribution >= 4 is 5.91 Å². The van der Waals surface area contributed by atoms with E-state index in [1.807, 2.05) is 16.8 Å². The third-order valence-corrected chi connectivity index (χ3v) is 6.43. The number of nitrogens with zero attached hydrogens (tertiary/aromatic N) is 4. The first-order valence-electron chi connectivity index (χ1n) is 10.3. The van der Waals surface area contributed by atoms with Crippen LogP contribution >= 0.6 is 0 Å². The first kappa shape index (κ1) is 21.1. The number of rotatable bonds is 9. The Bertz CT molecular complexity index is 659. The van der Waals surface area contributed by atoms with E-state index in [0.29, 0.717) is 35.9 Å². The van der Waals surface area contributed by atoms with E-state index in [1.165, 1.54) is 0 Å². The fourth-order valence-electron chi connectivity index (χ4n) is 4.51. The summed E-state index contributed by atoms with van der Waals surface area (Å²) in [4.78, 5) is 21.1. The smallest absolute Gasteiger partial charge is 0.340 e. The fraction of sp³-hybridized carbons (Fsp3) is 0.800. The zero-order valence-electron chi connectivity index (χ0n) is 17.0. The molecule has 1 saturated heterocycles. The van der Waals surface area contributed by atoms with E-state index in [-0.39, 0.29) is 12.5 Å². The lowest BCUT2D eigenvalue weighted by molar-refractivity contribution is -0.137. The van der Waals surface area contributed by atoms with Gasteiger partial charge in [-0.3, -0.25) is 4.79 Å². The molecule has 0 radical (unpaired) electrons. The predicted molar refractivity (Wildman–Crippen MR) is 101 cm³/mol. The van der Waals surface area contributed by atoms with Crippen LogP contribution in [0.3, 0.4) is 0 Å². The number of amides is 1. The summed E-state index contributed by atoms with van der Waals surface area (Å²) in [6.07, 6.45) is 0.585. The van der Waals surface area contributed by atoms with Gasteiger partial charge in [-0.2, -0.15) is 13.2 Å². The molecule has 0 spiro atoms. The zero-order valence-corrected chi connectivity index (χ0v) is 17.0. The largest absolute Gasteiger partial charge is 0.390 e. The number of aromatic nitrogens is 2. The van der Waals surface area contributed by atoms with Gasteiger partial charge in [0.25, 0.3) is 5.91 Å². The van der Waals surface area contributed by atoms with Crippen LogP contribution in [-0.4, -0.2) is 64.2 Å². The second kappa shape index (κ2) is 8.43. The first-order valence-corrected chi connectivity index (χ1v) is 10.3. The minimum Gasteiger partial charge on any atom is -0.340 e. The summed E-state index contributed by atoms with van der Waals surface area (Å²) >= 11 is 0. The van der Waals surface area contributed by atoms with Gasteiger partial charge in [-0.05, 0) is 23.7 Å². The van der Waals surface area contributed by atoms with Crippen molar-refractivity contribution < 1.29 is 18.0 Å². The molecule has 0 N–H and O–H groups in total. The summed E-state index contributed by atoms with van der Waals surface area (Å²) in [6, 6.07) is 0. The van der Waals surface area contributed by atoms with Crippen molar-refractivity contribution in [2.24, 2.45) is 30.7 Å². The van der Waals surface area contributed by atoms with E-state index < -0.39 is 12.6 Å². The Kier molecular flexibility index (Phi) is 6.37. The molecule has 8 heteroatoms. The molecule has 1 amide bonds. The maximum Gasteiger partial charge on any atom is 0.390 e. The SMILES string of the molecule is CCC(CC)CN(CC1C2CN(CCC(F)(F)F)CC21)C(=O)c1cn(C)cn1. The third-order valence-electron chi connectivity index (χ3n) is 6.43. The molecule has 0 aromatic carbocycles. The number of piperidine rings is 1. The van der Waals surface area contributed by atoms with E-state index in [0.717, 1.165) is 32.5 Å². The van der Waals surface area contributed by atoms with Crippen LogP contribution in [-0.2, 0) is 7.05 Å². The molecular weight excluding hydrogens is 369 g/mol. The summed E-state index contributed by atoms with van der Waals surface area (Å²) in [5.41, 5.74) is 0.464. The highest BCUT2D eigenvalue weighted by Crippen LogP contribution is 2.52. The summed E-state index contributed by atoms with van der Waals surface area (Å²) in [5, 5.41) is 0. The number of fused-ring (bicyclic) bond motifs is 1. The average molecular weight is 400 g/mol. The molecular formula is C20H31F3N4O. The van der Waals surface area contributed by atoms with E-state index in [1.54, 1.807) is 17.1 Å². The molecule has 2 atom stereocenters. The highest BCUT2D eigenvalue weighted by atomic mass is 19.4. The molecule has 2 heterocycles. The Balaban J connectivity index is 1.57. The monoisotopic (exact) mass is 400 g/mol. The first-order chi connectivity index (χ1) is 13.2. The second-order valence-electron chi connectivity index (χ2n) is 8.43. The van der Waals surface area contributed by atoms with Crippen molar-refractivity contribution in [3.05, 3.63) is 18.2 Å². The van der Waals surface area contributed by atoms with Crippen LogP contribution in [0.2, 0.25) is 0 Å². The number of hydrogen-bond donors (Lipinski definition) is 0. The van der Waals surface area contributed by atoms with Crippen molar-refractivity contribution in [1.29, 1.82) is 0 Å². The summed E-state index contributed by atoms with van der Waals surface area (Å²) in [5.74, 6) is 1.67. The van der Waals surface area contributed by atoms with Crippen LogP contribution in [0.15, 0.2) is 12.5 Å². The molecule has 1 aliphatic carbocycles. The number of likely N-dealkylation sites (tertiary alicyclic amines) is 1. The number of aryl methyl sites for hydroxylation is 1. The zero-order chi connectivity index (χ0) is 20.5. The Hall–Kier alpha value is -1.57. The normalized spacial score (nSPS) is 24.6. The molecule has 0 bridgehead atoms. The van der Waals surface area contributed by atoms with Crippen molar-refractivity contribution in [2.75, 3.05) is 32.7 Å². The lowest BCUT2D eigenvalue weighted by Crippen LogP contribution is -2.39. The molecule has 5 nitrogen and oxygen atoms in total. The minimum atomic E-state index is -4.09. The number of hydrogen-bond acceptors (Lipinski definition) is 3. The lowest BCUT2D eigenvalue weighted by Gasteiger charge is -2.28. The standard InChI is InChI=1S/C20H31F3N4O/c1-4-14(5-2)8-27(19(28)18-12-25(3)13-24-18)11-17-15-9-26(10-16(15)17)7-6-20(21,22)23/h12-17H,4-11H2,1-3H3. The quantitative estimate of drug-likeness (QED) is 0.638. The van der Waals surface area contributed by atoms with Crippen LogP contribution in [0, 0.1) is 23.7 Å². The van der Waals surface area contributed by atoms with Crippen LogP contribution in [0.1, 0.15) is 43.6 Å². The van der Waals surface area contributed by atoms with Gasteiger partial charge < -0.3 is 14.4 Å². The van der Waals surface area contributed by atoms with Crippen molar-refractivity contribution in [2.45, 2.75) is 39.3 Å². The number of halogens is 3. The van der Waals surface area contributed by atoms with Crippen LogP contribution in [0.25, 0.3) is 0 Å². The van der Waals surface area contributed by atoms with Gasteiger partial charge in [-0.1, -0.05) is 26.7 Å². The molecule has 3 rings (SSSR count). The second-order valence-corrected chi connectivity index (χ2v) is 8.43. The van der Waals surface area contributed by atoms with Crippen molar-refractivity contribution in [1.82, 2.24) is 19.4 Å². The maximum absolute atomic E-state index is 13.0. The number of carbonyl (C=O) groups is 1. The van der Waals surface area contributed by atoms with Crippen molar-refractivity contribution in [3.8, 4) is 0 Å². The van der Waals surface area contributed by atoms with E-state index in [4.69, 9.17) is 0 Å². The Labute approximate surface area is 164 Å². The molecule has 1 aromatic rings. The number of alkyl halides is 3. The minimum absolute atomic E-state index is 0.0357. The topological polar surface area (TPSA) is 41.4 Å². The van der Waals surface area contributed by atoms with Gasteiger partial charge in [-0.15, -0.1) is 0 Å². The summed E-state index contributed by atoms with van der Waals surface area (Å²) in [7, 11) is 1.84. The Morgan fingerprint density at radius 3 is 2.43 bits per heavy atom. The molecule has 28 heavy (non-hydrogen) atoms. The molecule has 158 valence electrons.